The van der Waals surface area contributed by atoms with Crippen molar-refractivity contribution >= 4 is 5.78 Å². The van der Waals surface area contributed by atoms with Gasteiger partial charge in [0.25, 0.3) is 0 Å². The molecule has 2 aliphatic carbocycles. The van der Waals surface area contributed by atoms with Crippen molar-refractivity contribution in [2.45, 2.75) is 70.3 Å². The summed E-state index contributed by atoms with van der Waals surface area (Å²) in [5, 5.41) is 3.38. The van der Waals surface area contributed by atoms with E-state index in [9.17, 15) is 13.6 Å². The second-order valence-corrected chi connectivity index (χ2v) is 7.90. The van der Waals surface area contributed by atoms with Crippen LogP contribution in [0, 0.1) is 23.5 Å². The zero-order valence-corrected chi connectivity index (χ0v) is 15.3. The molecule has 2 nitrogen and oxygen atoms in total. The van der Waals surface area contributed by atoms with E-state index in [0.29, 0.717) is 11.6 Å². The molecule has 2 fully saturated rings. The summed E-state index contributed by atoms with van der Waals surface area (Å²) >= 11 is 0. The van der Waals surface area contributed by atoms with Crippen LogP contribution in [0.25, 0.3) is 0 Å². The van der Waals surface area contributed by atoms with Gasteiger partial charge < -0.3 is 5.32 Å². The van der Waals surface area contributed by atoms with Gasteiger partial charge in [0.05, 0.1) is 5.56 Å². The van der Waals surface area contributed by atoms with Crippen molar-refractivity contribution in [2.24, 2.45) is 11.8 Å². The van der Waals surface area contributed by atoms with E-state index in [1.807, 2.05) is 7.05 Å². The van der Waals surface area contributed by atoms with Crippen molar-refractivity contribution < 1.29 is 13.6 Å². The van der Waals surface area contributed by atoms with Gasteiger partial charge >= 0.3 is 0 Å². The number of rotatable bonds is 4. The van der Waals surface area contributed by atoms with E-state index in [2.05, 4.69) is 5.32 Å². The topological polar surface area (TPSA) is 29.1 Å². The first kappa shape index (κ1) is 18.5. The average Bonchev–Trinajstić information content (AvgIpc) is 2.64. The molecule has 4 heteroatoms. The van der Waals surface area contributed by atoms with Gasteiger partial charge in [-0.05, 0) is 94.7 Å². The highest BCUT2D eigenvalue weighted by Gasteiger charge is 2.32. The molecule has 0 atom stereocenters. The zero-order chi connectivity index (χ0) is 18.0. The van der Waals surface area contributed by atoms with E-state index in [4.69, 9.17) is 0 Å². The largest absolute Gasteiger partial charge is 0.317 e. The first-order chi connectivity index (χ1) is 12.0. The molecule has 0 unspecified atom stereocenters. The quantitative estimate of drug-likeness (QED) is 0.755. The minimum atomic E-state index is -0.975. The number of benzene rings is 1. The first-order valence-electron chi connectivity index (χ1n) is 9.67. The Labute approximate surface area is 149 Å². The van der Waals surface area contributed by atoms with Crippen LogP contribution in [0.5, 0.6) is 0 Å². The molecular weight excluding hydrogens is 320 g/mol. The van der Waals surface area contributed by atoms with E-state index >= 15 is 0 Å². The highest BCUT2D eigenvalue weighted by Crippen LogP contribution is 2.43. The second-order valence-electron chi connectivity index (χ2n) is 7.90. The SMILES string of the molecule is CNC1CCC(C2CCC(c3ccc(C(C)=O)c(F)c3F)CC2)CC1. The minimum Gasteiger partial charge on any atom is -0.317 e. The molecule has 0 radical (unpaired) electrons. The van der Waals surface area contributed by atoms with E-state index in [1.54, 1.807) is 6.07 Å². The molecule has 25 heavy (non-hydrogen) atoms. The maximum Gasteiger partial charge on any atom is 0.169 e. The number of carbonyl (C=O) groups is 1. The van der Waals surface area contributed by atoms with Crippen LogP contribution in [0.15, 0.2) is 12.1 Å². The van der Waals surface area contributed by atoms with Crippen LogP contribution in [0.1, 0.15) is 80.1 Å². The smallest absolute Gasteiger partial charge is 0.169 e. The average molecular weight is 349 g/mol. The molecule has 2 aliphatic rings. The van der Waals surface area contributed by atoms with E-state index in [1.165, 1.54) is 38.7 Å². The number of hydrogen-bond donors (Lipinski definition) is 1. The lowest BCUT2D eigenvalue weighted by Gasteiger charge is -2.38. The summed E-state index contributed by atoms with van der Waals surface area (Å²) in [6, 6.07) is 3.74. The predicted octanol–water partition coefficient (Wildman–Crippen LogP) is 5.22. The van der Waals surface area contributed by atoms with Gasteiger partial charge in [-0.3, -0.25) is 4.79 Å². The molecule has 0 saturated heterocycles. The fourth-order valence-corrected chi connectivity index (χ4v) is 4.93. The maximum absolute atomic E-state index is 14.4. The number of Topliss-reactive ketones (excluding diaryl/α,β-unsaturated/α-hetero) is 1. The van der Waals surface area contributed by atoms with Gasteiger partial charge in [0.2, 0.25) is 0 Å². The van der Waals surface area contributed by atoms with Crippen molar-refractivity contribution in [1.82, 2.24) is 5.32 Å². The molecule has 0 heterocycles. The van der Waals surface area contributed by atoms with Crippen molar-refractivity contribution in [3.05, 3.63) is 34.9 Å². The Morgan fingerprint density at radius 1 is 0.920 bits per heavy atom. The lowest BCUT2D eigenvalue weighted by Crippen LogP contribution is -2.33. The molecule has 0 amide bonds. The molecule has 1 aromatic carbocycles. The summed E-state index contributed by atoms with van der Waals surface area (Å²) < 4.78 is 28.5. The van der Waals surface area contributed by atoms with Gasteiger partial charge in [-0.25, -0.2) is 8.78 Å². The third-order valence-electron chi connectivity index (χ3n) is 6.55. The fourth-order valence-electron chi connectivity index (χ4n) is 4.93. The number of nitrogens with one attached hydrogen (secondary N) is 1. The maximum atomic E-state index is 14.4. The van der Waals surface area contributed by atoms with Gasteiger partial charge in [-0.2, -0.15) is 0 Å². The first-order valence-corrected chi connectivity index (χ1v) is 9.67. The van der Waals surface area contributed by atoms with Crippen LogP contribution in [0.3, 0.4) is 0 Å². The monoisotopic (exact) mass is 349 g/mol. The van der Waals surface area contributed by atoms with Crippen molar-refractivity contribution in [3.63, 3.8) is 0 Å². The van der Waals surface area contributed by atoms with Crippen molar-refractivity contribution in [3.8, 4) is 0 Å². The standard InChI is InChI=1S/C21H29F2NO/c1-13(25)18-11-12-19(21(23)20(18)22)16-5-3-14(4-6-16)15-7-9-17(24-2)10-8-15/h11-12,14-17,24H,3-10H2,1-2H3. The summed E-state index contributed by atoms with van der Waals surface area (Å²) in [5.74, 6) is -0.599. The Kier molecular flexibility index (Phi) is 5.88. The molecule has 1 aromatic rings. The minimum absolute atomic E-state index is 0.0837. The van der Waals surface area contributed by atoms with Gasteiger partial charge in [0.1, 0.15) is 0 Å². The Morgan fingerprint density at radius 2 is 1.48 bits per heavy atom. The summed E-state index contributed by atoms with van der Waals surface area (Å²) in [5.41, 5.74) is 0.316. The fraction of sp³-hybridized carbons (Fsp3) is 0.667. The van der Waals surface area contributed by atoms with E-state index in [-0.39, 0.29) is 11.5 Å². The van der Waals surface area contributed by atoms with Gasteiger partial charge in [-0.15, -0.1) is 0 Å². The molecule has 3 rings (SSSR count). The second kappa shape index (κ2) is 7.94. The lowest BCUT2D eigenvalue weighted by atomic mass is 9.69. The molecule has 0 aliphatic heterocycles. The van der Waals surface area contributed by atoms with Crippen LogP contribution in [0.2, 0.25) is 0 Å². The molecule has 1 N–H and O–H groups in total. The highest BCUT2D eigenvalue weighted by atomic mass is 19.2. The number of halogens is 2. The summed E-state index contributed by atoms with van der Waals surface area (Å²) in [4.78, 5) is 11.4. The van der Waals surface area contributed by atoms with Crippen molar-refractivity contribution in [2.75, 3.05) is 7.05 Å². The Bertz CT molecular complexity index is 615. The lowest BCUT2D eigenvalue weighted by molar-refractivity contribution is 0.101. The summed E-state index contributed by atoms with van der Waals surface area (Å²) in [6.45, 7) is 1.27. The normalized spacial score (nSPS) is 30.2. The predicted molar refractivity (Wildman–Crippen MR) is 95.9 cm³/mol. The zero-order valence-electron chi connectivity index (χ0n) is 15.3. The Morgan fingerprint density at radius 3 is 2.00 bits per heavy atom. The van der Waals surface area contributed by atoms with Crippen LogP contribution in [-0.4, -0.2) is 18.9 Å². The summed E-state index contributed by atoms with van der Waals surface area (Å²) in [7, 11) is 2.04. The van der Waals surface area contributed by atoms with Crippen molar-refractivity contribution in [1.29, 1.82) is 0 Å². The molecule has 2 saturated carbocycles. The van der Waals surface area contributed by atoms with E-state index < -0.39 is 17.4 Å². The Balaban J connectivity index is 1.61. The van der Waals surface area contributed by atoms with Gasteiger partial charge in [0, 0.05) is 6.04 Å². The third kappa shape index (κ3) is 3.94. The molecule has 138 valence electrons. The van der Waals surface area contributed by atoms with Crippen LogP contribution >= 0.6 is 0 Å². The molecule has 0 bridgehead atoms. The molecule has 0 spiro atoms. The van der Waals surface area contributed by atoms with Gasteiger partial charge in [-0.1, -0.05) is 6.07 Å². The Hall–Kier alpha value is -1.29. The third-order valence-corrected chi connectivity index (χ3v) is 6.55. The number of hydrogen-bond acceptors (Lipinski definition) is 2. The summed E-state index contributed by atoms with van der Waals surface area (Å²) in [6.07, 6.45) is 9.15. The molecule has 0 aromatic heterocycles. The highest BCUT2D eigenvalue weighted by molar-refractivity contribution is 5.94. The number of carbonyl (C=O) groups excluding carboxylic acids is 1. The van der Waals surface area contributed by atoms with E-state index in [0.717, 1.165) is 37.5 Å². The van der Waals surface area contributed by atoms with Crippen LogP contribution in [-0.2, 0) is 0 Å². The van der Waals surface area contributed by atoms with Crippen LogP contribution in [0.4, 0.5) is 8.78 Å². The number of ketones is 1. The van der Waals surface area contributed by atoms with Gasteiger partial charge in [0.15, 0.2) is 17.4 Å². The molecular formula is C21H29F2NO. The van der Waals surface area contributed by atoms with Crippen LogP contribution < -0.4 is 5.32 Å².